The largest absolute Gasteiger partial charge is 0.398 e. The number of rotatable bonds is 9. The lowest BCUT2D eigenvalue weighted by atomic mass is 9.98. The Labute approximate surface area is 160 Å². The fourth-order valence-electron chi connectivity index (χ4n) is 3.25. The molecule has 0 spiro atoms. The number of nitrogens with two attached hydrogens (primary N) is 1. The molecule has 1 atom stereocenters. The van der Waals surface area contributed by atoms with Crippen LogP contribution < -0.4 is 16.4 Å². The van der Waals surface area contributed by atoms with E-state index in [1.54, 1.807) is 12.1 Å². The molecule has 1 saturated carbocycles. The fourth-order valence-corrected chi connectivity index (χ4v) is 4.37. The number of benzene rings is 1. The number of halogens is 1. The number of amides is 1. The van der Waals surface area contributed by atoms with Crippen LogP contribution in [0.2, 0.25) is 5.02 Å². The van der Waals surface area contributed by atoms with E-state index in [9.17, 15) is 4.79 Å². The predicted molar refractivity (Wildman–Crippen MR) is 108 cm³/mol. The molecule has 0 saturated heterocycles. The third kappa shape index (κ3) is 6.57. The quantitative estimate of drug-likeness (QED) is 0.443. The van der Waals surface area contributed by atoms with Crippen LogP contribution in [-0.4, -0.2) is 25.5 Å². The molecule has 1 aromatic rings. The van der Waals surface area contributed by atoms with Gasteiger partial charge in [-0.25, -0.2) is 0 Å². The van der Waals surface area contributed by atoms with E-state index in [1.807, 2.05) is 13.1 Å². The van der Waals surface area contributed by atoms with Crippen molar-refractivity contribution >= 4 is 35.0 Å². The van der Waals surface area contributed by atoms with Gasteiger partial charge in [0.05, 0.1) is 0 Å². The Morgan fingerprint density at radius 1 is 1.40 bits per heavy atom. The molecule has 2 rings (SSSR count). The second kappa shape index (κ2) is 10.1. The summed E-state index contributed by atoms with van der Waals surface area (Å²) in [6, 6.07) is 5.61. The molecular formula is C19H28ClN3OS. The molecule has 4 N–H and O–H groups in total. The number of anilines is 1. The van der Waals surface area contributed by atoms with Gasteiger partial charge in [0.2, 0.25) is 5.91 Å². The first-order valence-corrected chi connectivity index (χ1v) is 10.0. The zero-order chi connectivity index (χ0) is 18.2. The molecule has 1 fully saturated rings. The number of nitrogens with one attached hydrogen (secondary N) is 2. The molecule has 0 heterocycles. The molecule has 0 bridgehead atoms. The maximum atomic E-state index is 12.3. The monoisotopic (exact) mass is 381 g/mol. The highest BCUT2D eigenvalue weighted by atomic mass is 35.5. The van der Waals surface area contributed by atoms with Crippen molar-refractivity contribution in [3.63, 3.8) is 0 Å². The Kier molecular flexibility index (Phi) is 8.13. The van der Waals surface area contributed by atoms with E-state index < -0.39 is 0 Å². The lowest BCUT2D eigenvalue weighted by Crippen LogP contribution is -2.45. The van der Waals surface area contributed by atoms with E-state index in [0.717, 1.165) is 16.3 Å². The molecule has 1 aromatic carbocycles. The zero-order valence-corrected chi connectivity index (χ0v) is 16.4. The highest BCUT2D eigenvalue weighted by molar-refractivity contribution is 8.03. The minimum absolute atomic E-state index is 0.0907. The zero-order valence-electron chi connectivity index (χ0n) is 14.8. The van der Waals surface area contributed by atoms with Gasteiger partial charge in [0.1, 0.15) is 0 Å². The van der Waals surface area contributed by atoms with E-state index >= 15 is 0 Å². The Balaban J connectivity index is 1.79. The molecule has 1 aliphatic carbocycles. The first-order valence-electron chi connectivity index (χ1n) is 8.84. The van der Waals surface area contributed by atoms with Gasteiger partial charge < -0.3 is 16.4 Å². The first-order chi connectivity index (χ1) is 12.0. The number of allylic oxidation sites excluding steroid dienone is 1. The molecule has 4 nitrogen and oxygen atoms in total. The van der Waals surface area contributed by atoms with Crippen molar-refractivity contribution in [1.29, 1.82) is 0 Å². The van der Waals surface area contributed by atoms with E-state index in [2.05, 4.69) is 17.2 Å². The normalized spacial score (nSPS) is 15.9. The molecule has 0 aliphatic heterocycles. The molecule has 6 heteroatoms. The summed E-state index contributed by atoms with van der Waals surface area (Å²) in [5, 5.41) is 7.05. The highest BCUT2D eigenvalue weighted by Gasteiger charge is 2.25. The Bertz CT molecular complexity index is 602. The summed E-state index contributed by atoms with van der Waals surface area (Å²) in [4.78, 5) is 14.1. The van der Waals surface area contributed by atoms with Crippen LogP contribution in [0.1, 0.15) is 38.5 Å². The maximum Gasteiger partial charge on any atom is 0.220 e. The van der Waals surface area contributed by atoms with Crippen molar-refractivity contribution in [1.82, 2.24) is 10.6 Å². The highest BCUT2D eigenvalue weighted by Crippen LogP contribution is 2.34. The van der Waals surface area contributed by atoms with Gasteiger partial charge in [0.15, 0.2) is 0 Å². The van der Waals surface area contributed by atoms with Crippen LogP contribution in [0.15, 0.2) is 34.6 Å². The number of carbonyl (C=O) groups is 1. The average molecular weight is 382 g/mol. The standard InChI is InChI=1S/C19H28ClN3OS/c1-13(25-18-11-15(20)8-9-16(18)21)7-10-19(24)23-17(12-22-2)14-5-3-4-6-14/h8-9,11,14,17,22H,1,3-7,10,12,21H2,2H3,(H,23,24). The lowest BCUT2D eigenvalue weighted by Gasteiger charge is -2.24. The van der Waals surface area contributed by atoms with Gasteiger partial charge >= 0.3 is 0 Å². The SMILES string of the molecule is C=C(CCC(=O)NC(CNC)C1CCCC1)Sc1cc(Cl)ccc1N. The van der Waals surface area contributed by atoms with Crippen molar-refractivity contribution in [2.24, 2.45) is 5.92 Å². The van der Waals surface area contributed by atoms with Crippen LogP contribution >= 0.6 is 23.4 Å². The molecule has 25 heavy (non-hydrogen) atoms. The van der Waals surface area contributed by atoms with Gasteiger partial charge in [-0.15, -0.1) is 0 Å². The summed E-state index contributed by atoms with van der Waals surface area (Å²) < 4.78 is 0. The summed E-state index contributed by atoms with van der Waals surface area (Å²) in [6.07, 6.45) is 6.04. The molecule has 1 amide bonds. The van der Waals surface area contributed by atoms with Crippen LogP contribution in [0.3, 0.4) is 0 Å². The van der Waals surface area contributed by atoms with Crippen LogP contribution in [0.25, 0.3) is 0 Å². The van der Waals surface area contributed by atoms with Crippen molar-refractivity contribution in [3.8, 4) is 0 Å². The second-order valence-electron chi connectivity index (χ2n) is 6.60. The van der Waals surface area contributed by atoms with Gasteiger partial charge in [-0.1, -0.05) is 42.8 Å². The van der Waals surface area contributed by atoms with Crippen molar-refractivity contribution in [2.75, 3.05) is 19.3 Å². The van der Waals surface area contributed by atoms with Crippen LogP contribution in [0.5, 0.6) is 0 Å². The van der Waals surface area contributed by atoms with Crippen molar-refractivity contribution < 1.29 is 4.79 Å². The summed E-state index contributed by atoms with van der Waals surface area (Å²) in [5.74, 6) is 0.688. The number of hydrogen-bond acceptors (Lipinski definition) is 4. The minimum atomic E-state index is 0.0907. The smallest absolute Gasteiger partial charge is 0.220 e. The van der Waals surface area contributed by atoms with Gasteiger partial charge in [-0.3, -0.25) is 4.79 Å². The number of nitrogen functional groups attached to an aromatic ring is 1. The van der Waals surface area contributed by atoms with E-state index in [1.165, 1.54) is 37.4 Å². The number of likely N-dealkylation sites (N-methyl/N-ethyl adjacent to an activating group) is 1. The van der Waals surface area contributed by atoms with Crippen molar-refractivity contribution in [3.05, 3.63) is 34.7 Å². The summed E-state index contributed by atoms with van der Waals surface area (Å²) >= 11 is 7.49. The molecular weight excluding hydrogens is 354 g/mol. The van der Waals surface area contributed by atoms with E-state index in [0.29, 0.717) is 29.5 Å². The fraction of sp³-hybridized carbons (Fsp3) is 0.526. The van der Waals surface area contributed by atoms with Crippen LogP contribution in [0, 0.1) is 5.92 Å². The minimum Gasteiger partial charge on any atom is -0.398 e. The summed E-state index contributed by atoms with van der Waals surface area (Å²) in [7, 11) is 1.93. The third-order valence-electron chi connectivity index (χ3n) is 4.60. The second-order valence-corrected chi connectivity index (χ2v) is 8.26. The molecule has 0 aromatic heterocycles. The number of thioether (sulfide) groups is 1. The van der Waals surface area contributed by atoms with Crippen molar-refractivity contribution in [2.45, 2.75) is 49.5 Å². The molecule has 1 unspecified atom stereocenters. The average Bonchev–Trinajstić information content (AvgIpc) is 3.10. The molecule has 1 aliphatic rings. The Morgan fingerprint density at radius 2 is 2.12 bits per heavy atom. The number of carbonyl (C=O) groups excluding carboxylic acids is 1. The molecule has 0 radical (unpaired) electrons. The Morgan fingerprint density at radius 3 is 2.80 bits per heavy atom. The van der Waals surface area contributed by atoms with Crippen LogP contribution in [-0.2, 0) is 4.79 Å². The van der Waals surface area contributed by atoms with Gasteiger partial charge in [0, 0.05) is 34.6 Å². The Hall–Kier alpha value is -1.17. The molecule has 138 valence electrons. The predicted octanol–water partition coefficient (Wildman–Crippen LogP) is 4.20. The van der Waals surface area contributed by atoms with Gasteiger partial charge in [0.25, 0.3) is 0 Å². The van der Waals surface area contributed by atoms with E-state index in [-0.39, 0.29) is 11.9 Å². The summed E-state index contributed by atoms with van der Waals surface area (Å²) in [5.41, 5.74) is 6.63. The van der Waals surface area contributed by atoms with Crippen LogP contribution in [0.4, 0.5) is 5.69 Å². The lowest BCUT2D eigenvalue weighted by molar-refractivity contribution is -0.122. The topological polar surface area (TPSA) is 67.2 Å². The first kappa shape index (κ1) is 20.1. The maximum absolute atomic E-state index is 12.3. The number of hydrogen-bond donors (Lipinski definition) is 3. The van der Waals surface area contributed by atoms with E-state index in [4.69, 9.17) is 17.3 Å². The summed E-state index contributed by atoms with van der Waals surface area (Å²) in [6.45, 7) is 4.88. The third-order valence-corrected chi connectivity index (χ3v) is 5.90. The van der Waals surface area contributed by atoms with Gasteiger partial charge in [-0.05, 0) is 55.3 Å². The van der Waals surface area contributed by atoms with Gasteiger partial charge in [-0.2, -0.15) is 0 Å².